The second-order valence-corrected chi connectivity index (χ2v) is 3.97. The van der Waals surface area contributed by atoms with Gasteiger partial charge in [0.15, 0.2) is 0 Å². The predicted molar refractivity (Wildman–Crippen MR) is 39.2 cm³/mol. The minimum atomic E-state index is -0.0625. The van der Waals surface area contributed by atoms with Gasteiger partial charge in [-0.05, 0) is 5.41 Å². The monoisotopic (exact) mass is 110 g/mol. The van der Waals surface area contributed by atoms with Crippen molar-refractivity contribution < 1.29 is 0 Å². The van der Waals surface area contributed by atoms with Crippen LogP contribution in [0.15, 0.2) is 0 Å². The van der Waals surface area contributed by atoms with Gasteiger partial charge in [-0.3, -0.25) is 0 Å². The molecule has 0 aliphatic rings. The quantitative estimate of drug-likeness (QED) is 0.420. The highest BCUT2D eigenvalue weighted by Gasteiger charge is 2.26. The van der Waals surface area contributed by atoms with Crippen LogP contribution in [0.2, 0.25) is 5.31 Å². The zero-order valence-corrected chi connectivity index (χ0v) is 6.58. The van der Waals surface area contributed by atoms with E-state index in [1.54, 1.807) is 0 Å². The van der Waals surface area contributed by atoms with Gasteiger partial charge in [0.25, 0.3) is 0 Å². The minimum absolute atomic E-state index is 0.0625. The first-order chi connectivity index (χ1) is 3.25. The summed E-state index contributed by atoms with van der Waals surface area (Å²) in [7, 11) is 5.81. The highest BCUT2D eigenvalue weighted by molar-refractivity contribution is 6.15. The Balaban J connectivity index is 4.02. The van der Waals surface area contributed by atoms with Gasteiger partial charge in [0.2, 0.25) is 0 Å². The maximum Gasteiger partial charge on any atom is 0.0745 e. The van der Waals surface area contributed by atoms with E-state index in [9.17, 15) is 0 Å². The summed E-state index contributed by atoms with van der Waals surface area (Å²) in [4.78, 5) is 0. The molecule has 8 heavy (non-hydrogen) atoms. The predicted octanol–water partition coefficient (Wildman–Crippen LogP) is 2.40. The van der Waals surface area contributed by atoms with Crippen molar-refractivity contribution in [1.29, 1.82) is 0 Å². The van der Waals surface area contributed by atoms with E-state index in [1.807, 2.05) is 13.8 Å². The van der Waals surface area contributed by atoms with Crippen LogP contribution in [-0.2, 0) is 0 Å². The van der Waals surface area contributed by atoms with E-state index in [0.29, 0.717) is 0 Å². The van der Waals surface area contributed by atoms with E-state index in [0.717, 1.165) is 0 Å². The van der Waals surface area contributed by atoms with Crippen LogP contribution >= 0.6 is 0 Å². The fourth-order valence-corrected chi connectivity index (χ4v) is 0. The Labute approximate surface area is 54.1 Å². The summed E-state index contributed by atoms with van der Waals surface area (Å²) >= 11 is 0. The summed E-state index contributed by atoms with van der Waals surface area (Å²) < 4.78 is 0. The summed E-state index contributed by atoms with van der Waals surface area (Å²) in [5, 5.41) is -0.0625. The third-order valence-corrected chi connectivity index (χ3v) is 1.93. The Kier molecular flexibility index (Phi) is 1.80. The number of hydrogen-bond donors (Lipinski definition) is 0. The highest BCUT2D eigenvalue weighted by Crippen LogP contribution is 2.40. The fraction of sp³-hybridized carbons (Fsp3) is 1.00. The third-order valence-electron chi connectivity index (χ3n) is 1.93. The van der Waals surface area contributed by atoms with Crippen molar-refractivity contribution in [2.75, 3.05) is 0 Å². The molecule has 0 aromatic carbocycles. The first-order valence-electron chi connectivity index (χ1n) is 3.04. The minimum Gasteiger partial charge on any atom is -0.0674 e. The zero-order chi connectivity index (χ0) is 7.00. The van der Waals surface area contributed by atoms with Crippen LogP contribution in [0.3, 0.4) is 0 Å². The standard InChI is InChI=1S/C7H15B/c1-6(2,3)7(4,5)8/h1-5H3. The van der Waals surface area contributed by atoms with E-state index in [-0.39, 0.29) is 10.7 Å². The van der Waals surface area contributed by atoms with Crippen LogP contribution in [0.1, 0.15) is 34.6 Å². The molecule has 0 saturated heterocycles. The average Bonchev–Trinajstić information content (AvgIpc) is 1.25. The smallest absolute Gasteiger partial charge is 0.0674 e. The molecule has 0 nitrogen and oxygen atoms in total. The molecule has 0 spiro atoms. The topological polar surface area (TPSA) is 0 Å². The largest absolute Gasteiger partial charge is 0.0745 e. The van der Waals surface area contributed by atoms with Gasteiger partial charge in [-0.25, -0.2) is 0 Å². The van der Waals surface area contributed by atoms with Gasteiger partial charge in [-0.2, -0.15) is 0 Å². The van der Waals surface area contributed by atoms with Crippen LogP contribution in [0, 0.1) is 5.41 Å². The molecule has 0 fully saturated rings. The van der Waals surface area contributed by atoms with Crippen molar-refractivity contribution in [2.45, 2.75) is 39.9 Å². The molecule has 0 N–H and O–H groups in total. The Hall–Kier alpha value is 0.0649. The Bertz CT molecular complexity index is 59.4. The first kappa shape index (κ1) is 8.06. The lowest BCUT2D eigenvalue weighted by Crippen LogP contribution is -2.22. The van der Waals surface area contributed by atoms with Crippen molar-refractivity contribution >= 4 is 7.85 Å². The second kappa shape index (κ2) is 1.79. The lowest BCUT2D eigenvalue weighted by atomic mass is 9.57. The lowest BCUT2D eigenvalue weighted by Gasteiger charge is -2.35. The molecule has 0 saturated carbocycles. The summed E-state index contributed by atoms with van der Waals surface area (Å²) in [6.07, 6.45) is 0. The van der Waals surface area contributed by atoms with Crippen molar-refractivity contribution in [3.8, 4) is 0 Å². The normalized spacial score (nSPS) is 14.1. The van der Waals surface area contributed by atoms with Crippen LogP contribution in [0.25, 0.3) is 0 Å². The molecule has 0 aliphatic carbocycles. The Morgan fingerprint density at radius 2 is 1.00 bits per heavy atom. The molecular formula is C7H15B. The van der Waals surface area contributed by atoms with Gasteiger partial charge < -0.3 is 0 Å². The van der Waals surface area contributed by atoms with E-state index in [2.05, 4.69) is 20.8 Å². The van der Waals surface area contributed by atoms with Crippen LogP contribution in [0.5, 0.6) is 0 Å². The lowest BCUT2D eigenvalue weighted by molar-refractivity contribution is 0.303. The summed E-state index contributed by atoms with van der Waals surface area (Å²) in [5.41, 5.74) is 0.215. The molecule has 0 rings (SSSR count). The molecule has 0 unspecified atom stereocenters. The molecule has 0 atom stereocenters. The molecule has 0 aliphatic heterocycles. The highest BCUT2D eigenvalue weighted by atomic mass is 14.3. The van der Waals surface area contributed by atoms with Gasteiger partial charge in [0, 0.05) is 0 Å². The van der Waals surface area contributed by atoms with E-state index >= 15 is 0 Å². The van der Waals surface area contributed by atoms with E-state index in [4.69, 9.17) is 7.85 Å². The van der Waals surface area contributed by atoms with Gasteiger partial charge >= 0.3 is 0 Å². The number of hydrogen-bond acceptors (Lipinski definition) is 0. The fourth-order valence-electron chi connectivity index (χ4n) is 0. The van der Waals surface area contributed by atoms with Gasteiger partial charge in [0.1, 0.15) is 0 Å². The molecule has 2 radical (unpaired) electrons. The number of rotatable bonds is 0. The third kappa shape index (κ3) is 1.89. The van der Waals surface area contributed by atoms with Gasteiger partial charge in [-0.1, -0.05) is 39.9 Å². The van der Waals surface area contributed by atoms with Crippen molar-refractivity contribution in [2.24, 2.45) is 5.41 Å². The maximum atomic E-state index is 5.81. The van der Waals surface area contributed by atoms with Crippen LogP contribution in [-0.4, -0.2) is 7.85 Å². The van der Waals surface area contributed by atoms with E-state index < -0.39 is 0 Å². The van der Waals surface area contributed by atoms with E-state index in [1.165, 1.54) is 0 Å². The van der Waals surface area contributed by atoms with Crippen LogP contribution < -0.4 is 0 Å². The molecule has 0 heterocycles. The zero-order valence-electron chi connectivity index (χ0n) is 6.58. The Morgan fingerprint density at radius 3 is 1.00 bits per heavy atom. The molecule has 46 valence electrons. The summed E-state index contributed by atoms with van der Waals surface area (Å²) in [5.74, 6) is 0. The molecule has 1 heteroatoms. The summed E-state index contributed by atoms with van der Waals surface area (Å²) in [6.45, 7) is 10.5. The molecule has 0 bridgehead atoms. The molecule has 0 aromatic rings. The molecular weight excluding hydrogens is 94.9 g/mol. The Morgan fingerprint density at radius 1 is 0.875 bits per heavy atom. The average molecular weight is 110 g/mol. The van der Waals surface area contributed by atoms with Crippen molar-refractivity contribution in [3.05, 3.63) is 0 Å². The summed E-state index contributed by atoms with van der Waals surface area (Å²) in [6, 6.07) is 0. The molecule has 0 amide bonds. The van der Waals surface area contributed by atoms with Crippen molar-refractivity contribution in [3.63, 3.8) is 0 Å². The van der Waals surface area contributed by atoms with Gasteiger partial charge in [-0.15, -0.1) is 0 Å². The maximum absolute atomic E-state index is 5.81. The van der Waals surface area contributed by atoms with Gasteiger partial charge in [0.05, 0.1) is 7.85 Å². The first-order valence-corrected chi connectivity index (χ1v) is 3.04. The second-order valence-electron chi connectivity index (χ2n) is 3.97. The van der Waals surface area contributed by atoms with Crippen molar-refractivity contribution in [1.82, 2.24) is 0 Å². The SMILES string of the molecule is [B]C(C)(C)C(C)(C)C. The molecule has 0 aromatic heterocycles. The van der Waals surface area contributed by atoms with Crippen LogP contribution in [0.4, 0.5) is 0 Å².